The molecule has 0 aliphatic rings. The molecule has 0 fully saturated rings. The molecule has 1 aromatic heterocycles. The highest BCUT2D eigenvalue weighted by Crippen LogP contribution is 2.18. The zero-order chi connectivity index (χ0) is 12.0. The number of aromatic nitrogens is 1. The number of unbranched alkanes of at least 4 members (excludes halogenated alkanes) is 2. The van der Waals surface area contributed by atoms with E-state index < -0.39 is 0 Å². The smallest absolute Gasteiger partial charge is 0.128 e. The van der Waals surface area contributed by atoms with E-state index in [-0.39, 0.29) is 0 Å². The summed E-state index contributed by atoms with van der Waals surface area (Å²) in [5.41, 5.74) is 1.03. The fourth-order valence-corrected chi connectivity index (χ4v) is 1.89. The molecule has 0 aliphatic heterocycles. The summed E-state index contributed by atoms with van der Waals surface area (Å²) in [4.78, 5) is 6.71. The number of halogens is 2. The topological polar surface area (TPSA) is 16.1 Å². The van der Waals surface area contributed by atoms with Crippen molar-refractivity contribution in [2.24, 2.45) is 0 Å². The minimum absolute atomic E-state index is 0.763. The molecule has 0 N–H and O–H groups in total. The molecule has 0 saturated carbocycles. The Morgan fingerprint density at radius 3 is 2.69 bits per heavy atom. The Kier molecular flexibility index (Phi) is 6.14. The SMILES string of the molecule is Cc1nc(N(C)CCCCCCl)ccc1Br. The summed E-state index contributed by atoms with van der Waals surface area (Å²) in [7, 11) is 2.08. The summed E-state index contributed by atoms with van der Waals surface area (Å²) in [5.74, 6) is 1.80. The van der Waals surface area contributed by atoms with Crippen LogP contribution in [0.15, 0.2) is 16.6 Å². The maximum atomic E-state index is 5.64. The summed E-state index contributed by atoms with van der Waals surface area (Å²) in [6.45, 7) is 3.04. The molecule has 2 nitrogen and oxygen atoms in total. The molecule has 4 heteroatoms. The molecule has 0 spiro atoms. The first-order chi connectivity index (χ1) is 7.65. The zero-order valence-corrected chi connectivity index (χ0v) is 12.2. The lowest BCUT2D eigenvalue weighted by molar-refractivity contribution is 0.703. The number of hydrogen-bond donors (Lipinski definition) is 0. The number of nitrogens with zero attached hydrogens (tertiary/aromatic N) is 2. The second kappa shape index (κ2) is 7.13. The van der Waals surface area contributed by atoms with Gasteiger partial charge in [0.05, 0.1) is 5.69 Å². The second-order valence-corrected chi connectivity index (χ2v) is 5.14. The Hall–Kier alpha value is -0.280. The Morgan fingerprint density at radius 1 is 1.31 bits per heavy atom. The van der Waals surface area contributed by atoms with E-state index >= 15 is 0 Å². The first-order valence-electron chi connectivity index (χ1n) is 5.55. The predicted molar refractivity (Wildman–Crippen MR) is 74.5 cm³/mol. The molecule has 16 heavy (non-hydrogen) atoms. The van der Waals surface area contributed by atoms with E-state index in [1.807, 2.05) is 19.1 Å². The van der Waals surface area contributed by atoms with Crippen molar-refractivity contribution < 1.29 is 0 Å². The first-order valence-corrected chi connectivity index (χ1v) is 6.88. The fraction of sp³-hybridized carbons (Fsp3) is 0.583. The summed E-state index contributed by atoms with van der Waals surface area (Å²) in [5, 5.41) is 0. The molecule has 0 bridgehead atoms. The summed E-state index contributed by atoms with van der Waals surface area (Å²) >= 11 is 9.10. The molecule has 0 atom stereocenters. The van der Waals surface area contributed by atoms with E-state index in [1.165, 1.54) is 12.8 Å². The van der Waals surface area contributed by atoms with E-state index in [2.05, 4.69) is 32.9 Å². The zero-order valence-electron chi connectivity index (χ0n) is 9.84. The highest BCUT2D eigenvalue weighted by atomic mass is 79.9. The number of alkyl halides is 1. The van der Waals surface area contributed by atoms with Crippen LogP contribution >= 0.6 is 27.5 Å². The van der Waals surface area contributed by atoms with Gasteiger partial charge in [-0.1, -0.05) is 6.42 Å². The van der Waals surface area contributed by atoms with Crippen LogP contribution in [-0.2, 0) is 0 Å². The quantitative estimate of drug-likeness (QED) is 0.583. The molecule has 1 rings (SSSR count). The Morgan fingerprint density at radius 2 is 2.06 bits per heavy atom. The Labute approximate surface area is 111 Å². The summed E-state index contributed by atoms with van der Waals surface area (Å²) in [6.07, 6.45) is 3.45. The number of rotatable bonds is 6. The summed E-state index contributed by atoms with van der Waals surface area (Å²) < 4.78 is 1.06. The van der Waals surface area contributed by atoms with Crippen molar-refractivity contribution in [3.8, 4) is 0 Å². The van der Waals surface area contributed by atoms with Gasteiger partial charge in [0.15, 0.2) is 0 Å². The van der Waals surface area contributed by atoms with Crippen molar-refractivity contribution in [3.05, 3.63) is 22.3 Å². The van der Waals surface area contributed by atoms with Crippen molar-refractivity contribution in [2.75, 3.05) is 24.4 Å². The van der Waals surface area contributed by atoms with E-state index in [0.717, 1.165) is 34.8 Å². The van der Waals surface area contributed by atoms with Gasteiger partial charge in [0.1, 0.15) is 5.82 Å². The molecular formula is C12H18BrClN2. The van der Waals surface area contributed by atoms with Gasteiger partial charge in [-0.3, -0.25) is 0 Å². The number of anilines is 1. The van der Waals surface area contributed by atoms with Crippen LogP contribution in [0.1, 0.15) is 25.0 Å². The molecule has 0 radical (unpaired) electrons. The molecule has 0 aromatic carbocycles. The highest BCUT2D eigenvalue weighted by molar-refractivity contribution is 9.10. The average molecular weight is 306 g/mol. The fourth-order valence-electron chi connectivity index (χ4n) is 1.48. The lowest BCUT2D eigenvalue weighted by atomic mass is 10.2. The van der Waals surface area contributed by atoms with Crippen molar-refractivity contribution in [1.29, 1.82) is 0 Å². The third-order valence-corrected chi connectivity index (χ3v) is 3.63. The van der Waals surface area contributed by atoms with Gasteiger partial charge >= 0.3 is 0 Å². The molecular weight excluding hydrogens is 288 g/mol. The van der Waals surface area contributed by atoms with Crippen LogP contribution in [0, 0.1) is 6.92 Å². The first kappa shape index (κ1) is 13.8. The van der Waals surface area contributed by atoms with Crippen LogP contribution in [0.2, 0.25) is 0 Å². The molecule has 1 aromatic rings. The van der Waals surface area contributed by atoms with Gasteiger partial charge in [-0.25, -0.2) is 4.98 Å². The van der Waals surface area contributed by atoms with Gasteiger partial charge in [-0.2, -0.15) is 0 Å². The molecule has 0 aliphatic carbocycles. The van der Waals surface area contributed by atoms with E-state index in [0.29, 0.717) is 0 Å². The molecule has 0 saturated heterocycles. The highest BCUT2D eigenvalue weighted by Gasteiger charge is 2.04. The van der Waals surface area contributed by atoms with Gasteiger partial charge in [0.25, 0.3) is 0 Å². The van der Waals surface area contributed by atoms with Crippen LogP contribution in [0.5, 0.6) is 0 Å². The molecule has 0 amide bonds. The predicted octanol–water partition coefficient (Wildman–Crippen LogP) is 4.00. The molecule has 90 valence electrons. The van der Waals surface area contributed by atoms with E-state index in [1.54, 1.807) is 0 Å². The van der Waals surface area contributed by atoms with E-state index in [4.69, 9.17) is 11.6 Å². The maximum absolute atomic E-state index is 5.64. The van der Waals surface area contributed by atoms with Crippen molar-refractivity contribution in [3.63, 3.8) is 0 Å². The van der Waals surface area contributed by atoms with Crippen LogP contribution < -0.4 is 4.90 Å². The number of pyridine rings is 1. The minimum atomic E-state index is 0.763. The second-order valence-electron chi connectivity index (χ2n) is 3.91. The Balaban J connectivity index is 2.46. The minimum Gasteiger partial charge on any atom is -0.360 e. The van der Waals surface area contributed by atoms with Crippen molar-refractivity contribution in [1.82, 2.24) is 4.98 Å². The molecule has 1 heterocycles. The van der Waals surface area contributed by atoms with Crippen LogP contribution in [0.3, 0.4) is 0 Å². The average Bonchev–Trinajstić information content (AvgIpc) is 2.28. The molecule has 0 unspecified atom stereocenters. The van der Waals surface area contributed by atoms with Gasteiger partial charge < -0.3 is 4.90 Å². The van der Waals surface area contributed by atoms with Gasteiger partial charge in [0.2, 0.25) is 0 Å². The standard InChI is InChI=1S/C12H18BrClN2/c1-10-11(13)6-7-12(15-10)16(2)9-5-3-4-8-14/h6-7H,3-5,8-9H2,1-2H3. The van der Waals surface area contributed by atoms with E-state index in [9.17, 15) is 0 Å². The van der Waals surface area contributed by atoms with Gasteiger partial charge in [-0.15, -0.1) is 11.6 Å². The Bertz CT molecular complexity index is 331. The lowest BCUT2D eigenvalue weighted by Crippen LogP contribution is -2.19. The van der Waals surface area contributed by atoms with Crippen LogP contribution in [0.4, 0.5) is 5.82 Å². The summed E-state index contributed by atoms with van der Waals surface area (Å²) in [6, 6.07) is 4.09. The third-order valence-electron chi connectivity index (χ3n) is 2.52. The normalized spacial score (nSPS) is 10.5. The number of aryl methyl sites for hydroxylation is 1. The third kappa shape index (κ3) is 4.30. The largest absolute Gasteiger partial charge is 0.360 e. The number of hydrogen-bond acceptors (Lipinski definition) is 2. The maximum Gasteiger partial charge on any atom is 0.128 e. The van der Waals surface area contributed by atoms with Crippen LogP contribution in [-0.4, -0.2) is 24.5 Å². The van der Waals surface area contributed by atoms with Crippen molar-refractivity contribution >= 4 is 33.3 Å². The van der Waals surface area contributed by atoms with Crippen molar-refractivity contribution in [2.45, 2.75) is 26.2 Å². The van der Waals surface area contributed by atoms with Gasteiger partial charge in [-0.05, 0) is 47.8 Å². The van der Waals surface area contributed by atoms with Crippen LogP contribution in [0.25, 0.3) is 0 Å². The van der Waals surface area contributed by atoms with Gasteiger partial charge in [0, 0.05) is 23.9 Å². The lowest BCUT2D eigenvalue weighted by Gasteiger charge is -2.18. The monoisotopic (exact) mass is 304 g/mol.